The van der Waals surface area contributed by atoms with Crippen LogP contribution < -0.4 is 0 Å². The fourth-order valence-electron chi connectivity index (χ4n) is 1.72. The summed E-state index contributed by atoms with van der Waals surface area (Å²) >= 11 is 0. The maximum atomic E-state index is 11.7. The van der Waals surface area contributed by atoms with E-state index in [4.69, 9.17) is 4.74 Å². The van der Waals surface area contributed by atoms with E-state index in [2.05, 4.69) is 4.74 Å². The second kappa shape index (κ2) is 5.65. The number of carbonyl (C=O) groups is 3. The summed E-state index contributed by atoms with van der Waals surface area (Å²) in [6.07, 6.45) is 0.312. The smallest absolute Gasteiger partial charge is 0.329 e. The average molecular weight is 243 g/mol. The molecule has 0 aromatic carbocycles. The van der Waals surface area contributed by atoms with Gasteiger partial charge in [-0.15, -0.1) is 0 Å². The molecule has 0 radical (unpaired) electrons. The van der Waals surface area contributed by atoms with Gasteiger partial charge < -0.3 is 14.4 Å². The highest BCUT2D eigenvalue weighted by Gasteiger charge is 2.35. The molecule has 0 aliphatic carbocycles. The predicted octanol–water partition coefficient (Wildman–Crippen LogP) is 0.102. The number of methoxy groups -OCH3 is 1. The van der Waals surface area contributed by atoms with Gasteiger partial charge in [0.25, 0.3) is 0 Å². The fourth-order valence-corrected chi connectivity index (χ4v) is 1.72. The molecule has 0 saturated carbocycles. The van der Waals surface area contributed by atoms with Crippen LogP contribution in [0, 0.1) is 0 Å². The van der Waals surface area contributed by atoms with E-state index in [1.54, 1.807) is 14.0 Å². The molecule has 6 heteroatoms. The number of amides is 1. The summed E-state index contributed by atoms with van der Waals surface area (Å²) < 4.78 is 9.56. The number of esters is 2. The molecule has 6 nitrogen and oxygen atoms in total. The maximum Gasteiger partial charge on any atom is 0.329 e. The van der Waals surface area contributed by atoms with E-state index in [-0.39, 0.29) is 12.3 Å². The zero-order chi connectivity index (χ0) is 13.0. The van der Waals surface area contributed by atoms with Crippen molar-refractivity contribution >= 4 is 17.8 Å². The van der Waals surface area contributed by atoms with Crippen molar-refractivity contribution in [2.24, 2.45) is 0 Å². The van der Waals surface area contributed by atoms with Crippen molar-refractivity contribution in [1.29, 1.82) is 0 Å². The standard InChI is InChI=1S/C11H17NO5/c1-7(6-10(14)16-3)17-11(15)8-4-5-9(13)12(8)2/h7-8H,4-6H2,1-3H3/t7-,8+/m1/s1. The molecular formula is C11H17NO5. The number of likely N-dealkylation sites (tertiary alicyclic amines) is 1. The minimum absolute atomic E-state index is 0.0205. The number of ether oxygens (including phenoxy) is 2. The van der Waals surface area contributed by atoms with Gasteiger partial charge in [-0.25, -0.2) is 4.79 Å². The molecule has 1 fully saturated rings. The highest BCUT2D eigenvalue weighted by atomic mass is 16.6. The molecular weight excluding hydrogens is 226 g/mol. The van der Waals surface area contributed by atoms with Gasteiger partial charge in [0.2, 0.25) is 5.91 Å². The second-order valence-corrected chi connectivity index (χ2v) is 4.09. The summed E-state index contributed by atoms with van der Waals surface area (Å²) in [7, 11) is 2.85. The van der Waals surface area contributed by atoms with Gasteiger partial charge in [0.1, 0.15) is 12.1 Å². The number of likely N-dealkylation sites (N-methyl/N-ethyl adjacent to an activating group) is 1. The molecule has 0 aromatic rings. The van der Waals surface area contributed by atoms with Crippen LogP contribution in [-0.2, 0) is 23.9 Å². The summed E-state index contributed by atoms with van der Waals surface area (Å²) in [5.74, 6) is -0.955. The van der Waals surface area contributed by atoms with E-state index in [1.807, 2.05) is 0 Å². The number of carbonyl (C=O) groups excluding carboxylic acids is 3. The Balaban J connectivity index is 2.44. The first-order chi connectivity index (χ1) is 7.95. The van der Waals surface area contributed by atoms with Crippen molar-refractivity contribution in [3.63, 3.8) is 0 Å². The van der Waals surface area contributed by atoms with Crippen LogP contribution in [0.2, 0.25) is 0 Å². The Morgan fingerprint density at radius 3 is 2.65 bits per heavy atom. The Labute approximate surface area is 99.9 Å². The fraction of sp³-hybridized carbons (Fsp3) is 0.727. The molecule has 1 heterocycles. The molecule has 1 amide bonds. The lowest BCUT2D eigenvalue weighted by atomic mass is 10.2. The molecule has 0 aromatic heterocycles. The van der Waals surface area contributed by atoms with Crippen LogP contribution in [0.25, 0.3) is 0 Å². The van der Waals surface area contributed by atoms with Crippen LogP contribution in [0.5, 0.6) is 0 Å². The van der Waals surface area contributed by atoms with Gasteiger partial charge in [0.05, 0.1) is 13.5 Å². The Bertz CT molecular complexity index is 328. The molecule has 0 N–H and O–H groups in total. The summed E-state index contributed by atoms with van der Waals surface area (Å²) in [6.45, 7) is 1.62. The van der Waals surface area contributed by atoms with E-state index in [9.17, 15) is 14.4 Å². The number of rotatable bonds is 4. The van der Waals surface area contributed by atoms with Crippen LogP contribution in [0.1, 0.15) is 26.2 Å². The predicted molar refractivity (Wildman–Crippen MR) is 58.0 cm³/mol. The van der Waals surface area contributed by atoms with E-state index < -0.39 is 24.1 Å². The first-order valence-corrected chi connectivity index (χ1v) is 5.48. The topological polar surface area (TPSA) is 72.9 Å². The van der Waals surface area contributed by atoms with Gasteiger partial charge >= 0.3 is 11.9 Å². The molecule has 1 aliphatic heterocycles. The van der Waals surface area contributed by atoms with Gasteiger partial charge in [-0.3, -0.25) is 9.59 Å². The van der Waals surface area contributed by atoms with Gasteiger partial charge in [0, 0.05) is 13.5 Å². The SMILES string of the molecule is COC(=O)C[C@@H](C)OC(=O)[C@@H]1CCC(=O)N1C. The Morgan fingerprint density at radius 2 is 2.18 bits per heavy atom. The van der Waals surface area contributed by atoms with Gasteiger partial charge in [-0.05, 0) is 13.3 Å². The summed E-state index contributed by atoms with van der Waals surface area (Å²) in [5, 5.41) is 0. The normalized spacial score (nSPS) is 21.2. The van der Waals surface area contributed by atoms with Gasteiger partial charge in [-0.2, -0.15) is 0 Å². The Kier molecular flexibility index (Phi) is 4.48. The molecule has 1 rings (SSSR count). The molecule has 1 aliphatic rings. The molecule has 96 valence electrons. The van der Waals surface area contributed by atoms with E-state index >= 15 is 0 Å². The Hall–Kier alpha value is -1.59. The third-order valence-electron chi connectivity index (χ3n) is 2.76. The number of nitrogens with zero attached hydrogens (tertiary/aromatic N) is 1. The van der Waals surface area contributed by atoms with Crippen molar-refractivity contribution in [1.82, 2.24) is 4.90 Å². The second-order valence-electron chi connectivity index (χ2n) is 4.09. The lowest BCUT2D eigenvalue weighted by Gasteiger charge is -2.20. The molecule has 2 atom stereocenters. The highest BCUT2D eigenvalue weighted by Crippen LogP contribution is 2.18. The van der Waals surface area contributed by atoms with Crippen LogP contribution in [0.3, 0.4) is 0 Å². The molecule has 0 unspecified atom stereocenters. The van der Waals surface area contributed by atoms with Crippen LogP contribution in [0.4, 0.5) is 0 Å². The molecule has 1 saturated heterocycles. The third kappa shape index (κ3) is 3.44. The quantitative estimate of drug-likeness (QED) is 0.655. The third-order valence-corrected chi connectivity index (χ3v) is 2.76. The van der Waals surface area contributed by atoms with Crippen LogP contribution >= 0.6 is 0 Å². The van der Waals surface area contributed by atoms with E-state index in [1.165, 1.54) is 12.0 Å². The van der Waals surface area contributed by atoms with E-state index in [0.717, 1.165) is 0 Å². The van der Waals surface area contributed by atoms with Crippen molar-refractivity contribution < 1.29 is 23.9 Å². The first kappa shape index (κ1) is 13.5. The summed E-state index contributed by atoms with van der Waals surface area (Å²) in [6, 6.07) is -0.525. The largest absolute Gasteiger partial charge is 0.469 e. The lowest BCUT2D eigenvalue weighted by Crippen LogP contribution is -2.38. The van der Waals surface area contributed by atoms with Crippen molar-refractivity contribution in [3.8, 4) is 0 Å². The van der Waals surface area contributed by atoms with Crippen LogP contribution in [0.15, 0.2) is 0 Å². The molecule has 0 spiro atoms. The van der Waals surface area contributed by atoms with Gasteiger partial charge in [-0.1, -0.05) is 0 Å². The van der Waals surface area contributed by atoms with Crippen LogP contribution in [-0.4, -0.2) is 49.0 Å². The summed E-state index contributed by atoms with van der Waals surface area (Å²) in [4.78, 5) is 35.3. The zero-order valence-corrected chi connectivity index (χ0v) is 10.3. The summed E-state index contributed by atoms with van der Waals surface area (Å²) in [5.41, 5.74) is 0. The average Bonchev–Trinajstić information content (AvgIpc) is 2.59. The monoisotopic (exact) mass is 243 g/mol. The van der Waals surface area contributed by atoms with Gasteiger partial charge in [0.15, 0.2) is 0 Å². The van der Waals surface area contributed by atoms with Crippen molar-refractivity contribution in [3.05, 3.63) is 0 Å². The number of hydrogen-bond donors (Lipinski definition) is 0. The first-order valence-electron chi connectivity index (χ1n) is 5.48. The maximum absolute atomic E-state index is 11.7. The van der Waals surface area contributed by atoms with Crippen molar-refractivity contribution in [2.45, 2.75) is 38.3 Å². The minimum atomic E-state index is -0.543. The lowest BCUT2D eigenvalue weighted by molar-refractivity contribution is -0.158. The molecule has 17 heavy (non-hydrogen) atoms. The Morgan fingerprint density at radius 1 is 1.53 bits per heavy atom. The minimum Gasteiger partial charge on any atom is -0.469 e. The molecule has 0 bridgehead atoms. The zero-order valence-electron chi connectivity index (χ0n) is 10.3. The number of hydrogen-bond acceptors (Lipinski definition) is 5. The highest BCUT2D eigenvalue weighted by molar-refractivity contribution is 5.88. The van der Waals surface area contributed by atoms with Crippen molar-refractivity contribution in [2.75, 3.05) is 14.2 Å². The van der Waals surface area contributed by atoms with E-state index in [0.29, 0.717) is 12.8 Å².